The standard InChI is InChI=1S/C11H12O2/c1-3-4-11(12)9-5-7-10(13-2)8-6-9/h5-8,11-12H,1-2H3. The van der Waals surface area contributed by atoms with Crippen molar-refractivity contribution in [1.82, 2.24) is 0 Å². The molecule has 1 unspecified atom stereocenters. The highest BCUT2D eigenvalue weighted by Crippen LogP contribution is 2.16. The van der Waals surface area contributed by atoms with Crippen LogP contribution in [0.15, 0.2) is 24.3 Å². The van der Waals surface area contributed by atoms with E-state index < -0.39 is 6.10 Å². The van der Waals surface area contributed by atoms with E-state index in [1.165, 1.54) is 0 Å². The summed E-state index contributed by atoms with van der Waals surface area (Å²) >= 11 is 0. The third kappa shape index (κ3) is 2.50. The van der Waals surface area contributed by atoms with Gasteiger partial charge >= 0.3 is 0 Å². The summed E-state index contributed by atoms with van der Waals surface area (Å²) in [5, 5.41) is 9.47. The molecule has 0 saturated carbocycles. The van der Waals surface area contributed by atoms with Crippen molar-refractivity contribution in [3.05, 3.63) is 29.8 Å². The Balaban J connectivity index is 2.83. The maximum Gasteiger partial charge on any atom is 0.140 e. The lowest BCUT2D eigenvalue weighted by Gasteiger charge is -2.04. The van der Waals surface area contributed by atoms with Crippen LogP contribution in [0.3, 0.4) is 0 Å². The normalized spacial score (nSPS) is 11.3. The Bertz CT molecular complexity index is 316. The van der Waals surface area contributed by atoms with E-state index in [4.69, 9.17) is 4.74 Å². The fourth-order valence-corrected chi connectivity index (χ4v) is 1.01. The van der Waals surface area contributed by atoms with E-state index >= 15 is 0 Å². The number of aliphatic hydroxyl groups is 1. The smallest absolute Gasteiger partial charge is 0.140 e. The summed E-state index contributed by atoms with van der Waals surface area (Å²) in [5.74, 6) is 6.11. The van der Waals surface area contributed by atoms with Crippen molar-refractivity contribution in [1.29, 1.82) is 0 Å². The Morgan fingerprint density at radius 1 is 1.31 bits per heavy atom. The molecule has 0 spiro atoms. The van der Waals surface area contributed by atoms with Gasteiger partial charge in [-0.15, -0.1) is 5.92 Å². The molecule has 2 heteroatoms. The van der Waals surface area contributed by atoms with E-state index in [-0.39, 0.29) is 0 Å². The van der Waals surface area contributed by atoms with Gasteiger partial charge in [0.2, 0.25) is 0 Å². The highest BCUT2D eigenvalue weighted by atomic mass is 16.5. The Hall–Kier alpha value is -1.46. The molecule has 0 heterocycles. The van der Waals surface area contributed by atoms with E-state index in [9.17, 15) is 5.11 Å². The van der Waals surface area contributed by atoms with Crippen LogP contribution in [0, 0.1) is 11.8 Å². The van der Waals surface area contributed by atoms with E-state index in [0.717, 1.165) is 11.3 Å². The van der Waals surface area contributed by atoms with Crippen LogP contribution in [0.5, 0.6) is 5.75 Å². The van der Waals surface area contributed by atoms with Gasteiger partial charge in [0.1, 0.15) is 11.9 Å². The molecule has 0 aromatic heterocycles. The summed E-state index contributed by atoms with van der Waals surface area (Å²) in [5.41, 5.74) is 0.787. The van der Waals surface area contributed by atoms with Crippen LogP contribution in [0.2, 0.25) is 0 Å². The largest absolute Gasteiger partial charge is 0.497 e. The lowest BCUT2D eigenvalue weighted by atomic mass is 10.1. The molecule has 0 aliphatic carbocycles. The number of hydrogen-bond donors (Lipinski definition) is 1. The van der Waals surface area contributed by atoms with Gasteiger partial charge in [-0.1, -0.05) is 18.1 Å². The van der Waals surface area contributed by atoms with Gasteiger partial charge in [-0.05, 0) is 24.6 Å². The monoisotopic (exact) mass is 176 g/mol. The average molecular weight is 176 g/mol. The predicted octanol–water partition coefficient (Wildman–Crippen LogP) is 1.75. The van der Waals surface area contributed by atoms with E-state index in [2.05, 4.69) is 11.8 Å². The highest BCUT2D eigenvalue weighted by molar-refractivity contribution is 5.31. The fourth-order valence-electron chi connectivity index (χ4n) is 1.01. The second kappa shape index (κ2) is 4.54. The Kier molecular flexibility index (Phi) is 3.36. The van der Waals surface area contributed by atoms with Crippen LogP contribution in [0.25, 0.3) is 0 Å². The topological polar surface area (TPSA) is 29.5 Å². The van der Waals surface area contributed by atoms with E-state index in [1.54, 1.807) is 38.3 Å². The quantitative estimate of drug-likeness (QED) is 0.696. The maximum atomic E-state index is 9.47. The molecular weight excluding hydrogens is 164 g/mol. The maximum absolute atomic E-state index is 9.47. The summed E-state index contributed by atoms with van der Waals surface area (Å²) in [7, 11) is 1.61. The Morgan fingerprint density at radius 2 is 1.92 bits per heavy atom. The minimum absolute atomic E-state index is 0.698. The third-order valence-corrected chi connectivity index (χ3v) is 1.71. The highest BCUT2D eigenvalue weighted by Gasteiger charge is 2.02. The summed E-state index contributed by atoms with van der Waals surface area (Å²) < 4.78 is 4.99. The van der Waals surface area contributed by atoms with Gasteiger partial charge < -0.3 is 9.84 Å². The van der Waals surface area contributed by atoms with Gasteiger partial charge in [0.15, 0.2) is 0 Å². The zero-order valence-electron chi connectivity index (χ0n) is 7.74. The van der Waals surface area contributed by atoms with Gasteiger partial charge in [-0.2, -0.15) is 0 Å². The zero-order valence-corrected chi connectivity index (χ0v) is 7.74. The van der Waals surface area contributed by atoms with E-state index in [1.807, 2.05) is 0 Å². The number of rotatable bonds is 2. The lowest BCUT2D eigenvalue weighted by Crippen LogP contribution is -1.93. The summed E-state index contributed by atoms with van der Waals surface area (Å²) in [6, 6.07) is 7.20. The Labute approximate surface area is 78.2 Å². The van der Waals surface area contributed by atoms with Crippen LogP contribution in [0.4, 0.5) is 0 Å². The molecule has 0 amide bonds. The van der Waals surface area contributed by atoms with Crippen LogP contribution >= 0.6 is 0 Å². The van der Waals surface area contributed by atoms with Gasteiger partial charge in [0.25, 0.3) is 0 Å². The van der Waals surface area contributed by atoms with Gasteiger partial charge in [-0.3, -0.25) is 0 Å². The first-order valence-corrected chi connectivity index (χ1v) is 4.02. The molecule has 0 aliphatic rings. The molecule has 1 aromatic carbocycles. The minimum Gasteiger partial charge on any atom is -0.497 e. The van der Waals surface area contributed by atoms with Crippen LogP contribution in [-0.4, -0.2) is 12.2 Å². The molecule has 1 aromatic rings. The molecule has 0 aliphatic heterocycles. The van der Waals surface area contributed by atoms with Crippen molar-refractivity contribution in [2.24, 2.45) is 0 Å². The summed E-state index contributed by atoms with van der Waals surface area (Å²) in [4.78, 5) is 0. The second-order valence-corrected chi connectivity index (χ2v) is 2.57. The fraction of sp³-hybridized carbons (Fsp3) is 0.273. The van der Waals surface area contributed by atoms with Crippen LogP contribution in [-0.2, 0) is 0 Å². The molecule has 13 heavy (non-hydrogen) atoms. The summed E-state index contributed by atoms with van der Waals surface area (Å²) in [6.45, 7) is 1.70. The molecule has 1 rings (SSSR count). The molecule has 1 atom stereocenters. The predicted molar refractivity (Wildman–Crippen MR) is 51.4 cm³/mol. The molecule has 0 bridgehead atoms. The average Bonchev–Trinajstić information content (AvgIpc) is 2.18. The number of aliphatic hydroxyl groups excluding tert-OH is 1. The first kappa shape index (κ1) is 9.63. The van der Waals surface area contributed by atoms with Crippen molar-refractivity contribution in [3.63, 3.8) is 0 Å². The van der Waals surface area contributed by atoms with Gasteiger partial charge in [0.05, 0.1) is 7.11 Å². The molecule has 0 fully saturated rings. The first-order valence-electron chi connectivity index (χ1n) is 4.02. The molecule has 2 nitrogen and oxygen atoms in total. The zero-order chi connectivity index (χ0) is 9.68. The number of ether oxygens (including phenoxy) is 1. The van der Waals surface area contributed by atoms with Gasteiger partial charge in [0, 0.05) is 0 Å². The number of benzene rings is 1. The van der Waals surface area contributed by atoms with Crippen LogP contribution < -0.4 is 4.74 Å². The molecular formula is C11H12O2. The molecule has 0 saturated heterocycles. The molecule has 1 N–H and O–H groups in total. The third-order valence-electron chi connectivity index (χ3n) is 1.71. The van der Waals surface area contributed by atoms with E-state index in [0.29, 0.717) is 0 Å². The number of hydrogen-bond acceptors (Lipinski definition) is 2. The summed E-state index contributed by atoms with van der Waals surface area (Å²) in [6.07, 6.45) is -0.698. The minimum atomic E-state index is -0.698. The van der Waals surface area contributed by atoms with Crippen molar-refractivity contribution < 1.29 is 9.84 Å². The second-order valence-electron chi connectivity index (χ2n) is 2.57. The van der Waals surface area contributed by atoms with Crippen molar-refractivity contribution in [2.45, 2.75) is 13.0 Å². The van der Waals surface area contributed by atoms with Crippen molar-refractivity contribution in [2.75, 3.05) is 7.11 Å². The molecule has 68 valence electrons. The SMILES string of the molecule is CC#CC(O)c1ccc(OC)cc1. The first-order chi connectivity index (χ1) is 6.27. The number of methoxy groups -OCH3 is 1. The van der Waals surface area contributed by atoms with Crippen molar-refractivity contribution >= 4 is 0 Å². The molecule has 0 radical (unpaired) electrons. The van der Waals surface area contributed by atoms with Crippen molar-refractivity contribution in [3.8, 4) is 17.6 Å². The lowest BCUT2D eigenvalue weighted by molar-refractivity contribution is 0.238. The Morgan fingerprint density at radius 3 is 2.38 bits per heavy atom. The van der Waals surface area contributed by atoms with Gasteiger partial charge in [-0.25, -0.2) is 0 Å². The van der Waals surface area contributed by atoms with Crippen LogP contribution in [0.1, 0.15) is 18.6 Å².